The van der Waals surface area contributed by atoms with Crippen molar-refractivity contribution in [2.24, 2.45) is 0 Å². The predicted molar refractivity (Wildman–Crippen MR) is 87.3 cm³/mol. The maximum Gasteiger partial charge on any atom is 0.239 e. The summed E-state index contributed by atoms with van der Waals surface area (Å²) in [6, 6.07) is 8.57. The van der Waals surface area contributed by atoms with Crippen LogP contribution in [-0.4, -0.2) is 29.9 Å². The molecule has 1 aliphatic rings. The molecule has 0 aromatic heterocycles. The van der Waals surface area contributed by atoms with Crippen LogP contribution in [0.4, 0.5) is 0 Å². The molecule has 1 unspecified atom stereocenters. The number of amides is 1. The molecule has 0 spiro atoms. The van der Waals surface area contributed by atoms with Crippen LogP contribution in [0.15, 0.2) is 24.3 Å². The fourth-order valence-corrected chi connectivity index (χ4v) is 2.69. The topological polar surface area (TPSA) is 32.3 Å². The molecule has 3 heteroatoms. The lowest BCUT2D eigenvalue weighted by Crippen LogP contribution is -2.43. The average Bonchev–Trinajstić information content (AvgIpc) is 2.97. The summed E-state index contributed by atoms with van der Waals surface area (Å²) in [5.74, 6) is 0.235. The van der Waals surface area contributed by atoms with Crippen LogP contribution >= 0.6 is 0 Å². The number of carbonyl (C=O) groups excluding carboxylic acids is 1. The highest BCUT2D eigenvalue weighted by Crippen LogP contribution is 2.22. The fraction of sp³-hybridized carbons (Fsp3) is 0.611. The van der Waals surface area contributed by atoms with Crippen LogP contribution in [-0.2, 0) is 16.8 Å². The minimum Gasteiger partial charge on any atom is -0.341 e. The van der Waals surface area contributed by atoms with Crippen molar-refractivity contribution in [2.75, 3.05) is 13.1 Å². The molecule has 3 nitrogen and oxygen atoms in total. The smallest absolute Gasteiger partial charge is 0.239 e. The van der Waals surface area contributed by atoms with E-state index in [4.69, 9.17) is 0 Å². The number of nitrogens with zero attached hydrogens (tertiary/aromatic N) is 1. The van der Waals surface area contributed by atoms with Crippen molar-refractivity contribution < 1.29 is 4.79 Å². The fourth-order valence-electron chi connectivity index (χ4n) is 2.69. The average molecular weight is 288 g/mol. The van der Waals surface area contributed by atoms with Crippen LogP contribution in [0.3, 0.4) is 0 Å². The third kappa shape index (κ3) is 4.31. The Balaban J connectivity index is 1.86. The van der Waals surface area contributed by atoms with Crippen molar-refractivity contribution in [2.45, 2.75) is 58.5 Å². The van der Waals surface area contributed by atoms with Crippen molar-refractivity contribution in [3.8, 4) is 0 Å². The zero-order valence-corrected chi connectivity index (χ0v) is 13.8. The zero-order chi connectivity index (χ0) is 15.5. The normalized spacial score (nSPS) is 17.0. The maximum atomic E-state index is 12.2. The molecule has 116 valence electrons. The lowest BCUT2D eigenvalue weighted by atomic mass is 9.87. The third-order valence-corrected chi connectivity index (χ3v) is 4.22. The molecule has 0 aliphatic carbocycles. The first-order valence-electron chi connectivity index (χ1n) is 7.99. The van der Waals surface area contributed by atoms with Gasteiger partial charge < -0.3 is 10.2 Å². The first-order chi connectivity index (χ1) is 9.88. The summed E-state index contributed by atoms with van der Waals surface area (Å²) >= 11 is 0. The number of hydrogen-bond acceptors (Lipinski definition) is 2. The van der Waals surface area contributed by atoms with Gasteiger partial charge in [-0.2, -0.15) is 0 Å². The number of nitrogens with one attached hydrogen (secondary N) is 1. The molecule has 1 amide bonds. The Kier molecular flexibility index (Phi) is 5.04. The molecule has 1 aromatic carbocycles. The van der Waals surface area contributed by atoms with Crippen LogP contribution in [0.5, 0.6) is 0 Å². The SMILES string of the molecule is CC(NCc1ccc(C(C)(C)C)cc1)C(=O)N1CCCC1. The molecule has 1 aliphatic heterocycles. The van der Waals surface area contributed by atoms with Crippen LogP contribution in [0.2, 0.25) is 0 Å². The molecule has 0 saturated carbocycles. The lowest BCUT2D eigenvalue weighted by molar-refractivity contribution is -0.131. The van der Waals surface area contributed by atoms with E-state index < -0.39 is 0 Å². The molecule has 1 aromatic rings. The highest BCUT2D eigenvalue weighted by molar-refractivity contribution is 5.81. The molecular formula is C18H28N2O. The van der Waals surface area contributed by atoms with E-state index in [1.54, 1.807) is 0 Å². The molecule has 1 heterocycles. The van der Waals surface area contributed by atoms with Gasteiger partial charge in [0.2, 0.25) is 5.91 Å². The van der Waals surface area contributed by atoms with Crippen molar-refractivity contribution in [1.82, 2.24) is 10.2 Å². The van der Waals surface area contributed by atoms with Crippen molar-refractivity contribution in [3.05, 3.63) is 35.4 Å². The lowest BCUT2D eigenvalue weighted by Gasteiger charge is -2.22. The summed E-state index contributed by atoms with van der Waals surface area (Å²) in [7, 11) is 0. The second-order valence-corrected chi connectivity index (χ2v) is 7.08. The van der Waals surface area contributed by atoms with Crippen molar-refractivity contribution in [3.63, 3.8) is 0 Å². The van der Waals surface area contributed by atoms with Crippen molar-refractivity contribution >= 4 is 5.91 Å². The van der Waals surface area contributed by atoms with Crippen LogP contribution < -0.4 is 5.32 Å². The minimum atomic E-state index is -0.106. The minimum absolute atomic E-state index is 0.106. The molecule has 1 fully saturated rings. The summed E-state index contributed by atoms with van der Waals surface area (Å²) in [6.07, 6.45) is 2.29. The molecule has 2 rings (SSSR count). The van der Waals surface area contributed by atoms with Crippen LogP contribution in [0.25, 0.3) is 0 Å². The van der Waals surface area contributed by atoms with E-state index in [9.17, 15) is 4.79 Å². The van der Waals surface area contributed by atoms with E-state index in [0.717, 1.165) is 32.5 Å². The Hall–Kier alpha value is -1.35. The van der Waals surface area contributed by atoms with Crippen LogP contribution in [0.1, 0.15) is 51.7 Å². The van der Waals surface area contributed by atoms with Gasteiger partial charge >= 0.3 is 0 Å². The van der Waals surface area contributed by atoms with E-state index >= 15 is 0 Å². The summed E-state index contributed by atoms with van der Waals surface area (Å²) in [6.45, 7) is 11.2. The number of carbonyl (C=O) groups is 1. The Morgan fingerprint density at radius 3 is 2.29 bits per heavy atom. The monoisotopic (exact) mass is 288 g/mol. The van der Waals surface area contributed by atoms with Gasteiger partial charge in [0.1, 0.15) is 0 Å². The first-order valence-corrected chi connectivity index (χ1v) is 7.99. The summed E-state index contributed by atoms with van der Waals surface area (Å²) in [5.41, 5.74) is 2.75. The van der Waals surface area contributed by atoms with Gasteiger partial charge in [-0.05, 0) is 36.3 Å². The second-order valence-electron chi connectivity index (χ2n) is 7.08. The van der Waals surface area contributed by atoms with E-state index in [2.05, 4.69) is 50.4 Å². The maximum absolute atomic E-state index is 12.2. The van der Waals surface area contributed by atoms with E-state index in [1.165, 1.54) is 11.1 Å². The van der Waals surface area contributed by atoms with Gasteiger partial charge in [-0.15, -0.1) is 0 Å². The van der Waals surface area contributed by atoms with E-state index in [0.29, 0.717) is 0 Å². The van der Waals surface area contributed by atoms with Gasteiger partial charge in [-0.25, -0.2) is 0 Å². The number of hydrogen-bond donors (Lipinski definition) is 1. The summed E-state index contributed by atoms with van der Waals surface area (Å²) in [5, 5.41) is 3.34. The van der Waals surface area contributed by atoms with Gasteiger partial charge in [0.25, 0.3) is 0 Å². The highest BCUT2D eigenvalue weighted by atomic mass is 16.2. The van der Waals surface area contributed by atoms with E-state index in [-0.39, 0.29) is 17.4 Å². The number of benzene rings is 1. The Bertz CT molecular complexity index is 467. The molecule has 1 N–H and O–H groups in total. The third-order valence-electron chi connectivity index (χ3n) is 4.22. The second kappa shape index (κ2) is 6.61. The summed E-state index contributed by atoms with van der Waals surface area (Å²) < 4.78 is 0. The van der Waals surface area contributed by atoms with Gasteiger partial charge in [-0.3, -0.25) is 4.79 Å². The van der Waals surface area contributed by atoms with Gasteiger partial charge in [0.05, 0.1) is 6.04 Å². The molecule has 21 heavy (non-hydrogen) atoms. The largest absolute Gasteiger partial charge is 0.341 e. The Labute approximate surface area is 128 Å². The standard InChI is InChI=1S/C18H28N2O/c1-14(17(21)20-11-5-6-12-20)19-13-15-7-9-16(10-8-15)18(2,3)4/h7-10,14,19H,5-6,11-13H2,1-4H3. The number of likely N-dealkylation sites (tertiary alicyclic amines) is 1. The van der Waals surface area contributed by atoms with Gasteiger partial charge in [-0.1, -0.05) is 45.0 Å². The number of rotatable bonds is 4. The highest BCUT2D eigenvalue weighted by Gasteiger charge is 2.22. The molecule has 1 atom stereocenters. The molecule has 0 radical (unpaired) electrons. The van der Waals surface area contributed by atoms with Crippen LogP contribution in [0, 0.1) is 0 Å². The van der Waals surface area contributed by atoms with E-state index in [1.807, 2.05) is 11.8 Å². The summed E-state index contributed by atoms with van der Waals surface area (Å²) in [4.78, 5) is 14.2. The quantitative estimate of drug-likeness (QED) is 0.923. The molecular weight excluding hydrogens is 260 g/mol. The Morgan fingerprint density at radius 1 is 1.19 bits per heavy atom. The molecule has 0 bridgehead atoms. The van der Waals surface area contributed by atoms with Crippen molar-refractivity contribution in [1.29, 1.82) is 0 Å². The first kappa shape index (κ1) is 16.0. The van der Waals surface area contributed by atoms with Gasteiger partial charge in [0, 0.05) is 19.6 Å². The Morgan fingerprint density at radius 2 is 1.76 bits per heavy atom. The predicted octanol–water partition coefficient (Wildman–Crippen LogP) is 3.08. The zero-order valence-electron chi connectivity index (χ0n) is 13.8. The van der Waals surface area contributed by atoms with Gasteiger partial charge in [0.15, 0.2) is 0 Å². The molecule has 1 saturated heterocycles.